The lowest BCUT2D eigenvalue weighted by molar-refractivity contribution is -0.396. The molecule has 1 heterocycles. The minimum Gasteiger partial charge on any atom is -0.548 e. The number of quaternary nitrogens is 1. The molecule has 1 aromatic carbocycles. The van der Waals surface area contributed by atoms with Gasteiger partial charge in [0.15, 0.2) is 6.04 Å². The highest BCUT2D eigenvalue weighted by molar-refractivity contribution is 8.23. The number of hydrogen-bond donors (Lipinski definition) is 4. The number of rotatable bonds is 7. The van der Waals surface area contributed by atoms with Gasteiger partial charge in [-0.15, -0.1) is 0 Å². The molecule has 0 radical (unpaired) electrons. The zero-order valence-corrected chi connectivity index (χ0v) is 14.5. The predicted molar refractivity (Wildman–Crippen MR) is 94.9 cm³/mol. The van der Waals surface area contributed by atoms with Crippen molar-refractivity contribution in [1.29, 1.82) is 0 Å². The van der Waals surface area contributed by atoms with Crippen LogP contribution in [0.1, 0.15) is 5.56 Å². The van der Waals surface area contributed by atoms with Crippen molar-refractivity contribution in [3.05, 3.63) is 36.0 Å². The van der Waals surface area contributed by atoms with Crippen molar-refractivity contribution in [2.75, 3.05) is 12.3 Å². The van der Waals surface area contributed by atoms with Crippen LogP contribution in [-0.2, 0) is 16.1 Å². The molecule has 0 aliphatic carbocycles. The summed E-state index contributed by atoms with van der Waals surface area (Å²) < 4.78 is 0.557. The van der Waals surface area contributed by atoms with Gasteiger partial charge in [-0.3, -0.25) is 4.79 Å². The maximum atomic E-state index is 11.6. The molecule has 1 aromatic heterocycles. The molecule has 1 atom stereocenters. The molecular weight excluding hydrogens is 348 g/mol. The minimum atomic E-state index is -1.33. The van der Waals surface area contributed by atoms with Crippen LogP contribution in [0.4, 0.5) is 0 Å². The lowest BCUT2D eigenvalue weighted by Crippen LogP contribution is -2.69. The van der Waals surface area contributed by atoms with Crippen molar-refractivity contribution >= 4 is 51.1 Å². The summed E-state index contributed by atoms with van der Waals surface area (Å²) in [4.78, 5) is 25.1. The third kappa shape index (κ3) is 5.22. The Morgan fingerprint density at radius 3 is 2.83 bits per heavy atom. The Morgan fingerprint density at radius 2 is 2.08 bits per heavy atom. The maximum Gasteiger partial charge on any atom is 0.279 e. The van der Waals surface area contributed by atoms with E-state index >= 15 is 0 Å². The molecule has 128 valence electrons. The first-order valence-electron chi connectivity index (χ1n) is 7.23. The summed E-state index contributed by atoms with van der Waals surface area (Å²) >= 11 is 6.54. The Bertz CT molecular complexity index is 747. The van der Waals surface area contributed by atoms with E-state index in [0.717, 1.165) is 16.5 Å². The number of fused-ring (bicyclic) bond motifs is 1. The number of carbonyl (C=O) groups excluding carboxylic acids is 2. The Hall–Kier alpha value is -2.10. The van der Waals surface area contributed by atoms with E-state index in [-0.39, 0.29) is 0 Å². The van der Waals surface area contributed by atoms with Crippen molar-refractivity contribution in [2.24, 2.45) is 0 Å². The Morgan fingerprint density at radius 1 is 1.33 bits per heavy atom. The molecule has 2 rings (SSSR count). The van der Waals surface area contributed by atoms with Gasteiger partial charge in [-0.2, -0.15) is 0 Å². The summed E-state index contributed by atoms with van der Waals surface area (Å²) in [5.41, 5.74) is 5.87. The number of para-hydroxylation sites is 1. The molecule has 1 amide bonds. The average molecular weight is 366 g/mol. The van der Waals surface area contributed by atoms with Gasteiger partial charge in [-0.05, 0) is 11.6 Å². The highest BCUT2D eigenvalue weighted by Gasteiger charge is 2.17. The van der Waals surface area contributed by atoms with Crippen molar-refractivity contribution in [2.45, 2.75) is 12.6 Å². The van der Waals surface area contributed by atoms with Gasteiger partial charge < -0.3 is 31.3 Å². The lowest BCUT2D eigenvalue weighted by Gasteiger charge is -2.11. The summed E-state index contributed by atoms with van der Waals surface area (Å²) in [6.07, 6.45) is 1.93. The van der Waals surface area contributed by atoms with Gasteiger partial charge in [-0.25, -0.2) is 0 Å². The number of thioether (sulfide) groups is 1. The number of nitrogens with one attached hydrogen (secondary N) is 3. The largest absolute Gasteiger partial charge is 0.548 e. The number of carbonyl (C=O) groups is 2. The number of thiocarbonyl (C=S) groups is 1. The minimum absolute atomic E-state index is 0.360. The molecule has 24 heavy (non-hydrogen) atoms. The number of aromatic amines is 1. The van der Waals surface area contributed by atoms with Crippen LogP contribution in [0.5, 0.6) is 0 Å². The number of carboxylic acid groups (broad SMARTS) is 1. The fraction of sp³-hybridized carbons (Fsp3) is 0.267. The van der Waals surface area contributed by atoms with E-state index in [4.69, 9.17) is 12.2 Å². The Labute approximate surface area is 148 Å². The molecule has 0 saturated heterocycles. The van der Waals surface area contributed by atoms with Gasteiger partial charge in [-0.1, -0.05) is 42.2 Å². The molecule has 9 heteroatoms. The quantitative estimate of drug-likeness (QED) is 0.454. The van der Waals surface area contributed by atoms with Crippen LogP contribution in [-0.4, -0.2) is 39.5 Å². The van der Waals surface area contributed by atoms with Crippen LogP contribution in [0, 0.1) is 0 Å². The number of benzene rings is 1. The molecule has 2 aromatic rings. The molecule has 0 spiro atoms. The summed E-state index contributed by atoms with van der Waals surface area (Å²) in [5, 5.41) is 16.8. The fourth-order valence-electron chi connectivity index (χ4n) is 2.05. The molecule has 6 N–H and O–H groups in total. The van der Waals surface area contributed by atoms with E-state index in [2.05, 4.69) is 21.4 Å². The van der Waals surface area contributed by atoms with E-state index in [0.29, 0.717) is 16.6 Å². The molecule has 0 aliphatic rings. The number of hydrogen-bond acceptors (Lipinski definition) is 5. The second-order valence-corrected chi connectivity index (χ2v) is 6.80. The van der Waals surface area contributed by atoms with E-state index in [1.54, 1.807) is 0 Å². The fourth-order valence-corrected chi connectivity index (χ4v) is 3.01. The maximum absolute atomic E-state index is 11.6. The normalized spacial score (nSPS) is 11.9. The second kappa shape index (κ2) is 8.67. The average Bonchev–Trinajstić information content (AvgIpc) is 2.98. The Kier molecular flexibility index (Phi) is 6.59. The number of H-pyrrole nitrogens is 1. The zero-order valence-electron chi connectivity index (χ0n) is 12.8. The van der Waals surface area contributed by atoms with E-state index in [9.17, 15) is 14.7 Å². The number of aliphatic carboxylic acids is 1. The van der Waals surface area contributed by atoms with Gasteiger partial charge >= 0.3 is 0 Å². The van der Waals surface area contributed by atoms with Crippen molar-refractivity contribution < 1.29 is 20.4 Å². The predicted octanol–water partition coefficient (Wildman–Crippen LogP) is -1.25. The van der Waals surface area contributed by atoms with Crippen LogP contribution in [0.3, 0.4) is 0 Å². The van der Waals surface area contributed by atoms with Crippen molar-refractivity contribution in [3.8, 4) is 0 Å². The van der Waals surface area contributed by atoms with Gasteiger partial charge in [0.25, 0.3) is 5.91 Å². The van der Waals surface area contributed by atoms with Crippen LogP contribution in [0.2, 0.25) is 0 Å². The van der Waals surface area contributed by atoms with Crippen LogP contribution in [0.15, 0.2) is 30.5 Å². The molecule has 7 nitrogen and oxygen atoms in total. The molecule has 0 bridgehead atoms. The van der Waals surface area contributed by atoms with Crippen molar-refractivity contribution in [3.63, 3.8) is 0 Å². The highest BCUT2D eigenvalue weighted by Crippen LogP contribution is 2.17. The van der Waals surface area contributed by atoms with Gasteiger partial charge in [0, 0.05) is 23.6 Å². The molecule has 0 aliphatic heterocycles. The van der Waals surface area contributed by atoms with Crippen LogP contribution < -0.4 is 21.5 Å². The van der Waals surface area contributed by atoms with Crippen LogP contribution in [0.25, 0.3) is 10.9 Å². The van der Waals surface area contributed by atoms with Gasteiger partial charge in [0.1, 0.15) is 4.32 Å². The van der Waals surface area contributed by atoms with Gasteiger partial charge in [0.05, 0.1) is 18.3 Å². The van der Waals surface area contributed by atoms with Gasteiger partial charge in [0.2, 0.25) is 0 Å². The first kappa shape index (κ1) is 18.2. The summed E-state index contributed by atoms with van der Waals surface area (Å²) in [6.45, 7) is 0.0628. The lowest BCUT2D eigenvalue weighted by atomic mass is 10.2. The van der Waals surface area contributed by atoms with E-state index in [1.165, 1.54) is 11.8 Å². The molecule has 0 unspecified atom stereocenters. The summed E-state index contributed by atoms with van der Waals surface area (Å²) in [6, 6.07) is 7.39. The van der Waals surface area contributed by atoms with Crippen LogP contribution >= 0.6 is 24.0 Å². The summed E-state index contributed by atoms with van der Waals surface area (Å²) in [5.74, 6) is -1.41. The van der Waals surface area contributed by atoms with E-state index in [1.807, 2.05) is 30.5 Å². The monoisotopic (exact) mass is 366 g/mol. The topological polar surface area (TPSA) is 125 Å². The molecule has 0 saturated carbocycles. The number of amides is 1. The first-order chi connectivity index (χ1) is 11.5. The first-order valence-corrected chi connectivity index (χ1v) is 8.63. The molecule has 0 fully saturated rings. The Balaban J connectivity index is 1.75. The molecular formula is C15H18N4O3S2. The smallest absolute Gasteiger partial charge is 0.279 e. The third-order valence-corrected chi connectivity index (χ3v) is 4.76. The second-order valence-electron chi connectivity index (χ2n) is 5.10. The highest BCUT2D eigenvalue weighted by atomic mass is 32.2. The summed E-state index contributed by atoms with van der Waals surface area (Å²) in [7, 11) is 0. The zero-order chi connectivity index (χ0) is 17.5. The van der Waals surface area contributed by atoms with E-state index < -0.39 is 24.5 Å². The standard InChI is InChI=1S/C15H18N4O3S2/c16-11(14(22)18-7-13(20)21)8-24-15(23)19-6-9-5-17-12-4-2-1-3-10(9)12/h1-5,11,17H,6-8,16H2,(H,18,22)(H,19,23)(H,20,21)/t11-/m0/s1. The third-order valence-electron chi connectivity index (χ3n) is 3.29. The number of carboxylic acids is 1. The van der Waals surface area contributed by atoms with Crippen molar-refractivity contribution in [1.82, 2.24) is 15.6 Å². The SMILES string of the molecule is [NH3+][C@@H](CSC(=S)NCc1c[nH]c2ccccc12)C(=O)NCC(=O)[O-]. The number of aromatic nitrogens is 1.